The van der Waals surface area contributed by atoms with E-state index in [1.807, 2.05) is 48.5 Å². The third kappa shape index (κ3) is 3.35. The second-order valence-corrected chi connectivity index (χ2v) is 5.95. The molecule has 0 spiro atoms. The second kappa shape index (κ2) is 6.16. The van der Waals surface area contributed by atoms with Crippen molar-refractivity contribution < 1.29 is 4.74 Å². The predicted molar refractivity (Wildman–Crippen MR) is 87.7 cm³/mol. The van der Waals surface area contributed by atoms with E-state index in [-0.39, 0.29) is 0 Å². The molecule has 0 amide bonds. The molecule has 2 aromatic carbocycles. The van der Waals surface area contributed by atoms with Gasteiger partial charge in [0.05, 0.1) is 9.90 Å². The first-order chi connectivity index (χ1) is 10.2. The van der Waals surface area contributed by atoms with Crippen molar-refractivity contribution in [1.29, 1.82) is 0 Å². The van der Waals surface area contributed by atoms with E-state index in [9.17, 15) is 0 Å². The van der Waals surface area contributed by atoms with Crippen molar-refractivity contribution in [3.63, 3.8) is 0 Å². The Balaban J connectivity index is 1.75. The lowest BCUT2D eigenvalue weighted by Crippen LogP contribution is -1.95. The number of nitrogens with zero attached hydrogens (tertiary/aromatic N) is 1. The molecule has 0 saturated heterocycles. The van der Waals surface area contributed by atoms with Gasteiger partial charge in [-0.3, -0.25) is 0 Å². The van der Waals surface area contributed by atoms with Crippen LogP contribution in [-0.4, -0.2) is 4.98 Å². The minimum Gasteiger partial charge on any atom is -0.487 e. The first-order valence-corrected chi connectivity index (χ1v) is 7.60. The molecule has 3 aromatic rings. The van der Waals surface area contributed by atoms with Crippen LogP contribution in [0.1, 0.15) is 5.56 Å². The third-order valence-corrected chi connectivity index (χ3v) is 4.15. The molecule has 0 fully saturated rings. The summed E-state index contributed by atoms with van der Waals surface area (Å²) in [4.78, 5) is 5.03. The van der Waals surface area contributed by atoms with Gasteiger partial charge in [-0.15, -0.1) is 0 Å². The SMILES string of the molecule is Nc1ncc(-c2ccc(OCc3ccccc3)c(Cl)c2)s1. The van der Waals surface area contributed by atoms with Gasteiger partial charge in [0.1, 0.15) is 12.4 Å². The molecular weight excluding hydrogens is 304 g/mol. The van der Waals surface area contributed by atoms with Crippen LogP contribution in [0, 0.1) is 0 Å². The number of hydrogen-bond donors (Lipinski definition) is 1. The summed E-state index contributed by atoms with van der Waals surface area (Å²) in [5, 5.41) is 1.13. The fraction of sp³-hybridized carbons (Fsp3) is 0.0625. The van der Waals surface area contributed by atoms with E-state index in [4.69, 9.17) is 22.1 Å². The molecule has 0 aliphatic rings. The Morgan fingerprint density at radius 1 is 1.14 bits per heavy atom. The highest BCUT2D eigenvalue weighted by Gasteiger charge is 2.07. The zero-order valence-electron chi connectivity index (χ0n) is 11.1. The van der Waals surface area contributed by atoms with Crippen LogP contribution in [0.3, 0.4) is 0 Å². The number of thiazole rings is 1. The van der Waals surface area contributed by atoms with Crippen LogP contribution in [0.5, 0.6) is 5.75 Å². The highest BCUT2D eigenvalue weighted by molar-refractivity contribution is 7.18. The summed E-state index contributed by atoms with van der Waals surface area (Å²) in [6.45, 7) is 0.493. The van der Waals surface area contributed by atoms with Gasteiger partial charge in [-0.1, -0.05) is 53.3 Å². The number of halogens is 1. The molecule has 0 aliphatic carbocycles. The summed E-state index contributed by atoms with van der Waals surface area (Å²) < 4.78 is 5.75. The molecule has 1 aromatic heterocycles. The Labute approximate surface area is 132 Å². The van der Waals surface area contributed by atoms with Gasteiger partial charge >= 0.3 is 0 Å². The summed E-state index contributed by atoms with van der Waals surface area (Å²) in [5.74, 6) is 0.668. The van der Waals surface area contributed by atoms with Gasteiger partial charge in [-0.25, -0.2) is 4.98 Å². The number of anilines is 1. The quantitative estimate of drug-likeness (QED) is 0.763. The first kappa shape index (κ1) is 13.9. The average Bonchev–Trinajstić information content (AvgIpc) is 2.93. The molecule has 106 valence electrons. The maximum absolute atomic E-state index is 6.28. The van der Waals surface area contributed by atoms with Crippen LogP contribution in [0.15, 0.2) is 54.7 Å². The van der Waals surface area contributed by atoms with Gasteiger partial charge in [0, 0.05) is 6.20 Å². The number of aromatic nitrogens is 1. The lowest BCUT2D eigenvalue weighted by molar-refractivity contribution is 0.306. The van der Waals surface area contributed by atoms with Crippen LogP contribution in [0.4, 0.5) is 5.13 Å². The topological polar surface area (TPSA) is 48.1 Å². The van der Waals surface area contributed by atoms with Crippen molar-refractivity contribution in [1.82, 2.24) is 4.98 Å². The summed E-state index contributed by atoms with van der Waals surface area (Å²) in [7, 11) is 0. The van der Waals surface area contributed by atoms with Gasteiger partial charge in [-0.05, 0) is 29.3 Å². The van der Waals surface area contributed by atoms with Crippen LogP contribution < -0.4 is 10.5 Å². The maximum Gasteiger partial charge on any atom is 0.180 e. The van der Waals surface area contributed by atoms with E-state index in [0.29, 0.717) is 22.5 Å². The number of ether oxygens (including phenoxy) is 1. The highest BCUT2D eigenvalue weighted by atomic mass is 35.5. The van der Waals surface area contributed by atoms with Gasteiger partial charge in [0.25, 0.3) is 0 Å². The molecule has 5 heteroatoms. The van der Waals surface area contributed by atoms with Gasteiger partial charge in [-0.2, -0.15) is 0 Å². The highest BCUT2D eigenvalue weighted by Crippen LogP contribution is 2.33. The Morgan fingerprint density at radius 2 is 1.95 bits per heavy atom. The molecule has 3 nitrogen and oxygen atoms in total. The standard InChI is InChI=1S/C16H13ClN2OS/c17-13-8-12(15-9-19-16(18)21-15)6-7-14(13)20-10-11-4-2-1-3-5-11/h1-9H,10H2,(H2,18,19). The lowest BCUT2D eigenvalue weighted by Gasteiger charge is -2.09. The molecule has 1 heterocycles. The van der Waals surface area contributed by atoms with Crippen LogP contribution in [0.2, 0.25) is 5.02 Å². The van der Waals surface area contributed by atoms with E-state index in [2.05, 4.69) is 4.98 Å². The maximum atomic E-state index is 6.28. The number of nitrogen functional groups attached to an aromatic ring is 1. The molecule has 0 saturated carbocycles. The molecule has 0 atom stereocenters. The minimum absolute atomic E-state index is 0.493. The largest absolute Gasteiger partial charge is 0.487 e. The summed E-state index contributed by atoms with van der Waals surface area (Å²) >= 11 is 7.71. The molecule has 2 N–H and O–H groups in total. The molecule has 0 radical (unpaired) electrons. The Bertz CT molecular complexity index is 743. The average molecular weight is 317 g/mol. The van der Waals surface area contributed by atoms with E-state index in [1.165, 1.54) is 11.3 Å². The fourth-order valence-electron chi connectivity index (χ4n) is 1.93. The molecule has 0 unspecified atom stereocenters. The Kier molecular flexibility index (Phi) is 4.08. The molecule has 3 rings (SSSR count). The number of benzene rings is 2. The zero-order chi connectivity index (χ0) is 14.7. The van der Waals surface area contributed by atoms with Crippen molar-refractivity contribution in [3.8, 4) is 16.2 Å². The second-order valence-electron chi connectivity index (χ2n) is 4.48. The molecular formula is C16H13ClN2OS. The van der Waals surface area contributed by atoms with Crippen LogP contribution >= 0.6 is 22.9 Å². The summed E-state index contributed by atoms with van der Waals surface area (Å²) in [6.07, 6.45) is 1.75. The van der Waals surface area contributed by atoms with Gasteiger partial charge < -0.3 is 10.5 Å². The Morgan fingerprint density at radius 3 is 2.62 bits per heavy atom. The number of rotatable bonds is 4. The zero-order valence-corrected chi connectivity index (χ0v) is 12.7. The first-order valence-electron chi connectivity index (χ1n) is 6.40. The molecule has 0 bridgehead atoms. The lowest BCUT2D eigenvalue weighted by atomic mass is 10.2. The monoisotopic (exact) mass is 316 g/mol. The van der Waals surface area contributed by atoms with E-state index in [1.54, 1.807) is 6.20 Å². The van der Waals surface area contributed by atoms with Crippen molar-refractivity contribution >= 4 is 28.1 Å². The van der Waals surface area contributed by atoms with Crippen molar-refractivity contribution in [2.24, 2.45) is 0 Å². The molecule has 21 heavy (non-hydrogen) atoms. The van der Waals surface area contributed by atoms with Gasteiger partial charge in [0.15, 0.2) is 5.13 Å². The van der Waals surface area contributed by atoms with Crippen LogP contribution in [0.25, 0.3) is 10.4 Å². The van der Waals surface area contributed by atoms with Gasteiger partial charge in [0.2, 0.25) is 0 Å². The summed E-state index contributed by atoms with van der Waals surface area (Å²) in [6, 6.07) is 15.7. The van der Waals surface area contributed by atoms with E-state index >= 15 is 0 Å². The van der Waals surface area contributed by atoms with Crippen molar-refractivity contribution in [3.05, 3.63) is 65.3 Å². The smallest absolute Gasteiger partial charge is 0.180 e. The normalized spacial score (nSPS) is 10.5. The van der Waals surface area contributed by atoms with Crippen molar-refractivity contribution in [2.45, 2.75) is 6.61 Å². The minimum atomic E-state index is 0.493. The third-order valence-electron chi connectivity index (χ3n) is 2.98. The predicted octanol–water partition coefficient (Wildman–Crippen LogP) is 4.62. The summed E-state index contributed by atoms with van der Waals surface area (Å²) in [5.41, 5.74) is 7.74. The van der Waals surface area contributed by atoms with Crippen LogP contribution in [-0.2, 0) is 6.61 Å². The number of hydrogen-bond acceptors (Lipinski definition) is 4. The van der Waals surface area contributed by atoms with Crippen molar-refractivity contribution in [2.75, 3.05) is 5.73 Å². The number of nitrogens with two attached hydrogens (primary N) is 1. The van der Waals surface area contributed by atoms with E-state index < -0.39 is 0 Å². The Hall–Kier alpha value is -2.04. The van der Waals surface area contributed by atoms with E-state index in [0.717, 1.165) is 16.0 Å². The fourth-order valence-corrected chi connectivity index (χ4v) is 2.84. The molecule has 0 aliphatic heterocycles.